The molecule has 2 aromatic rings. The van der Waals surface area contributed by atoms with Gasteiger partial charge in [-0.25, -0.2) is 8.42 Å². The first kappa shape index (κ1) is 17.8. The van der Waals surface area contributed by atoms with Crippen LogP contribution in [0, 0.1) is 6.92 Å². The fourth-order valence-electron chi connectivity index (χ4n) is 2.71. The highest BCUT2D eigenvalue weighted by molar-refractivity contribution is 8.00. The number of hydrogen-bond acceptors (Lipinski definition) is 4. The predicted octanol–water partition coefficient (Wildman–Crippen LogP) is 3.64. The second-order valence-corrected chi connectivity index (χ2v) is 9.60. The molecular formula is C18H20N2O3S2. The van der Waals surface area contributed by atoms with E-state index in [2.05, 4.69) is 5.32 Å². The van der Waals surface area contributed by atoms with E-state index in [1.807, 2.05) is 32.0 Å². The van der Waals surface area contributed by atoms with Crippen molar-refractivity contribution in [2.75, 3.05) is 16.7 Å². The number of nitrogens with zero attached hydrogens (tertiary/aromatic N) is 1. The van der Waals surface area contributed by atoms with Crippen molar-refractivity contribution >= 4 is 39.1 Å². The molecule has 0 radical (unpaired) electrons. The third kappa shape index (κ3) is 3.67. The van der Waals surface area contributed by atoms with Crippen LogP contribution in [0.5, 0.6) is 0 Å². The fraction of sp³-hybridized carbons (Fsp3) is 0.278. The van der Waals surface area contributed by atoms with E-state index in [-0.39, 0.29) is 16.1 Å². The van der Waals surface area contributed by atoms with E-state index >= 15 is 0 Å². The summed E-state index contributed by atoms with van der Waals surface area (Å²) in [5.74, 6) is -0.0969. The summed E-state index contributed by atoms with van der Waals surface area (Å²) < 4.78 is 27.2. The molecule has 0 fully saturated rings. The average Bonchev–Trinajstić information content (AvgIpc) is 2.69. The Bertz CT molecular complexity index is 926. The predicted molar refractivity (Wildman–Crippen MR) is 102 cm³/mol. The van der Waals surface area contributed by atoms with E-state index in [1.54, 1.807) is 36.0 Å². The van der Waals surface area contributed by atoms with Crippen molar-refractivity contribution in [1.29, 1.82) is 0 Å². The van der Waals surface area contributed by atoms with Crippen LogP contribution in [0.1, 0.15) is 18.9 Å². The Morgan fingerprint density at radius 3 is 2.68 bits per heavy atom. The maximum atomic E-state index is 13.0. The molecule has 0 saturated carbocycles. The number of amides is 1. The summed E-state index contributed by atoms with van der Waals surface area (Å²) in [7, 11) is -2.18. The molecule has 25 heavy (non-hydrogen) atoms. The molecule has 132 valence electrons. The molecule has 0 unspecified atom stereocenters. The quantitative estimate of drug-likeness (QED) is 0.888. The lowest BCUT2D eigenvalue weighted by Crippen LogP contribution is -2.26. The molecule has 5 nitrogen and oxygen atoms in total. The lowest BCUT2D eigenvalue weighted by molar-refractivity contribution is -0.116. The van der Waals surface area contributed by atoms with Crippen LogP contribution in [0.25, 0.3) is 0 Å². The second-order valence-electron chi connectivity index (χ2n) is 6.15. The standard InChI is InChI=1S/C18H20N2O3S2/c1-12-5-4-6-14(9-12)20(3)25(22,23)15-7-8-17-16(11-15)19-18(21)10-13(2)24-17/h4-9,11,13H,10H2,1-3H3,(H,19,21)/t13-/m1/s1. The highest BCUT2D eigenvalue weighted by atomic mass is 32.2. The van der Waals surface area contributed by atoms with Crippen molar-refractivity contribution in [2.45, 2.75) is 35.3 Å². The zero-order valence-electron chi connectivity index (χ0n) is 14.3. The number of carbonyl (C=O) groups is 1. The fourth-order valence-corrected chi connectivity index (χ4v) is 4.98. The van der Waals surface area contributed by atoms with Crippen molar-refractivity contribution in [1.82, 2.24) is 0 Å². The summed E-state index contributed by atoms with van der Waals surface area (Å²) >= 11 is 1.57. The molecule has 3 rings (SSSR count). The summed E-state index contributed by atoms with van der Waals surface area (Å²) in [4.78, 5) is 13.0. The molecule has 0 spiro atoms. The molecule has 1 N–H and O–H groups in total. The molecule has 0 saturated heterocycles. The Labute approximate surface area is 152 Å². The van der Waals surface area contributed by atoms with Crippen LogP contribution in [0.4, 0.5) is 11.4 Å². The van der Waals surface area contributed by atoms with E-state index in [9.17, 15) is 13.2 Å². The Morgan fingerprint density at radius 1 is 1.20 bits per heavy atom. The van der Waals surface area contributed by atoms with Gasteiger partial charge in [0.2, 0.25) is 5.91 Å². The van der Waals surface area contributed by atoms with Gasteiger partial charge < -0.3 is 5.32 Å². The maximum absolute atomic E-state index is 13.0. The minimum atomic E-state index is -3.71. The van der Waals surface area contributed by atoms with Crippen LogP contribution in [-0.4, -0.2) is 26.6 Å². The van der Waals surface area contributed by atoms with Crippen LogP contribution in [0.2, 0.25) is 0 Å². The number of rotatable bonds is 3. The van der Waals surface area contributed by atoms with Gasteiger partial charge in [0.05, 0.1) is 16.3 Å². The summed E-state index contributed by atoms with van der Waals surface area (Å²) in [6.45, 7) is 3.90. The zero-order chi connectivity index (χ0) is 18.2. The number of aryl methyl sites for hydroxylation is 1. The molecule has 0 aromatic heterocycles. The molecule has 1 atom stereocenters. The van der Waals surface area contributed by atoms with Crippen molar-refractivity contribution in [2.24, 2.45) is 0 Å². The van der Waals surface area contributed by atoms with Crippen LogP contribution < -0.4 is 9.62 Å². The van der Waals surface area contributed by atoms with E-state index in [0.717, 1.165) is 10.5 Å². The number of thioether (sulfide) groups is 1. The van der Waals surface area contributed by atoms with Gasteiger partial charge in [-0.15, -0.1) is 11.8 Å². The number of anilines is 2. The maximum Gasteiger partial charge on any atom is 0.264 e. The smallest absolute Gasteiger partial charge is 0.264 e. The first-order valence-electron chi connectivity index (χ1n) is 7.93. The highest BCUT2D eigenvalue weighted by Gasteiger charge is 2.25. The lowest BCUT2D eigenvalue weighted by Gasteiger charge is -2.20. The van der Waals surface area contributed by atoms with E-state index in [0.29, 0.717) is 17.8 Å². The van der Waals surface area contributed by atoms with Crippen molar-refractivity contribution in [3.63, 3.8) is 0 Å². The number of fused-ring (bicyclic) bond motifs is 1. The van der Waals surface area contributed by atoms with Gasteiger partial charge in [0, 0.05) is 23.6 Å². The Balaban J connectivity index is 1.99. The number of nitrogens with one attached hydrogen (secondary N) is 1. The van der Waals surface area contributed by atoms with Gasteiger partial charge in [-0.3, -0.25) is 9.10 Å². The van der Waals surface area contributed by atoms with Crippen molar-refractivity contribution in [3.05, 3.63) is 48.0 Å². The van der Waals surface area contributed by atoms with Crippen LogP contribution in [0.3, 0.4) is 0 Å². The topological polar surface area (TPSA) is 66.5 Å². The number of carbonyl (C=O) groups excluding carboxylic acids is 1. The lowest BCUT2D eigenvalue weighted by atomic mass is 10.2. The molecule has 7 heteroatoms. The van der Waals surface area contributed by atoms with Crippen LogP contribution in [0.15, 0.2) is 52.3 Å². The average molecular weight is 377 g/mol. The van der Waals surface area contributed by atoms with Gasteiger partial charge in [0.15, 0.2) is 0 Å². The third-order valence-electron chi connectivity index (χ3n) is 4.05. The number of sulfonamides is 1. The van der Waals surface area contributed by atoms with E-state index < -0.39 is 10.0 Å². The molecule has 1 heterocycles. The Kier molecular flexibility index (Phi) is 4.79. The summed E-state index contributed by atoms with van der Waals surface area (Å²) in [5.41, 5.74) is 2.14. The van der Waals surface area contributed by atoms with Crippen molar-refractivity contribution in [3.8, 4) is 0 Å². The SMILES string of the molecule is Cc1cccc(N(C)S(=O)(=O)c2ccc3c(c2)NC(=O)C[C@@H](C)S3)c1. The molecule has 1 aliphatic heterocycles. The molecule has 2 aromatic carbocycles. The molecular weight excluding hydrogens is 356 g/mol. The highest BCUT2D eigenvalue weighted by Crippen LogP contribution is 2.37. The molecule has 0 aliphatic carbocycles. The van der Waals surface area contributed by atoms with E-state index in [4.69, 9.17) is 0 Å². The first-order chi connectivity index (χ1) is 11.8. The zero-order valence-corrected chi connectivity index (χ0v) is 15.9. The minimum Gasteiger partial charge on any atom is -0.325 e. The Morgan fingerprint density at radius 2 is 1.96 bits per heavy atom. The molecule has 0 bridgehead atoms. The van der Waals surface area contributed by atoms with Crippen molar-refractivity contribution < 1.29 is 13.2 Å². The monoisotopic (exact) mass is 376 g/mol. The van der Waals surface area contributed by atoms with Gasteiger partial charge >= 0.3 is 0 Å². The second kappa shape index (κ2) is 6.72. The third-order valence-corrected chi connectivity index (χ3v) is 7.01. The number of hydrogen-bond donors (Lipinski definition) is 1. The largest absolute Gasteiger partial charge is 0.325 e. The van der Waals surface area contributed by atoms with Gasteiger partial charge in [0.1, 0.15) is 0 Å². The normalized spacial score (nSPS) is 17.4. The van der Waals surface area contributed by atoms with Crippen LogP contribution in [-0.2, 0) is 14.8 Å². The summed E-state index contributed by atoms with van der Waals surface area (Å²) in [6.07, 6.45) is 0.407. The Hall–Kier alpha value is -1.99. The van der Waals surface area contributed by atoms with Gasteiger partial charge in [-0.2, -0.15) is 0 Å². The molecule has 1 aliphatic rings. The number of benzene rings is 2. The van der Waals surface area contributed by atoms with Crippen LogP contribution >= 0.6 is 11.8 Å². The van der Waals surface area contributed by atoms with Gasteiger partial charge in [0.25, 0.3) is 10.0 Å². The summed E-state index contributed by atoms with van der Waals surface area (Å²) in [6, 6.07) is 12.2. The van der Waals surface area contributed by atoms with Gasteiger partial charge in [-0.05, 0) is 42.8 Å². The summed E-state index contributed by atoms with van der Waals surface area (Å²) in [5, 5.41) is 2.96. The first-order valence-corrected chi connectivity index (χ1v) is 10.3. The van der Waals surface area contributed by atoms with Gasteiger partial charge in [-0.1, -0.05) is 19.1 Å². The minimum absolute atomic E-state index is 0.0969. The molecule has 1 amide bonds. The van der Waals surface area contributed by atoms with E-state index in [1.165, 1.54) is 11.4 Å².